The summed E-state index contributed by atoms with van der Waals surface area (Å²) in [6, 6.07) is 5.78. The fourth-order valence-electron chi connectivity index (χ4n) is 2.40. The molecule has 0 aliphatic carbocycles. The van der Waals surface area contributed by atoms with E-state index in [1.807, 2.05) is 39.0 Å². The minimum Gasteiger partial charge on any atom is -0.356 e. The Morgan fingerprint density at radius 2 is 2.04 bits per heavy atom. The number of benzene rings is 1. The second-order valence-corrected chi connectivity index (χ2v) is 8.05. The van der Waals surface area contributed by atoms with Gasteiger partial charge in [-0.15, -0.1) is 11.3 Å². The average Bonchev–Trinajstić information content (AvgIpc) is 2.91. The molecule has 0 fully saturated rings. The number of nitrogens with zero attached hydrogens (tertiary/aromatic N) is 2. The molecule has 0 saturated heterocycles. The molecule has 140 valence electrons. The van der Waals surface area contributed by atoms with Crippen molar-refractivity contribution in [2.45, 2.75) is 33.7 Å². The summed E-state index contributed by atoms with van der Waals surface area (Å²) in [5.41, 5.74) is 2.89. The van der Waals surface area contributed by atoms with Gasteiger partial charge in [-0.1, -0.05) is 15.9 Å². The third kappa shape index (κ3) is 6.10. The Bertz CT molecular complexity index is 803. The van der Waals surface area contributed by atoms with Crippen LogP contribution in [-0.2, 0) is 11.3 Å². The zero-order chi connectivity index (χ0) is 19.1. The molecule has 0 atom stereocenters. The van der Waals surface area contributed by atoms with Gasteiger partial charge in [-0.05, 0) is 44.5 Å². The van der Waals surface area contributed by atoms with Crippen LogP contribution in [0.4, 0.5) is 5.69 Å². The van der Waals surface area contributed by atoms with Crippen molar-refractivity contribution in [3.63, 3.8) is 0 Å². The number of amides is 1. The van der Waals surface area contributed by atoms with Gasteiger partial charge in [0.2, 0.25) is 5.91 Å². The molecule has 6 nitrogen and oxygen atoms in total. The highest BCUT2D eigenvalue weighted by Gasteiger charge is 2.08. The summed E-state index contributed by atoms with van der Waals surface area (Å²) in [5, 5.41) is 10.4. The molecule has 0 aliphatic heterocycles. The lowest BCUT2D eigenvalue weighted by molar-refractivity contribution is -0.116. The summed E-state index contributed by atoms with van der Waals surface area (Å²) in [7, 11) is 1.71. The molecular formula is C18H24BrN5OS. The smallest absolute Gasteiger partial charge is 0.226 e. The fourth-order valence-corrected chi connectivity index (χ4v) is 3.75. The minimum absolute atomic E-state index is 0.0349. The molecule has 0 spiro atoms. The van der Waals surface area contributed by atoms with Crippen molar-refractivity contribution in [1.82, 2.24) is 15.6 Å². The van der Waals surface area contributed by atoms with Crippen LogP contribution in [0.2, 0.25) is 0 Å². The number of aliphatic imine (C=N–C) groups is 1. The van der Waals surface area contributed by atoms with Crippen molar-refractivity contribution in [3.8, 4) is 0 Å². The number of aryl methyl sites for hydroxylation is 3. The van der Waals surface area contributed by atoms with E-state index >= 15 is 0 Å². The molecule has 0 bridgehead atoms. The SMILES string of the molecule is CN=C(NCCC(=O)Nc1ccc(Br)cc1C)NCc1sc(C)nc1C. The number of rotatable bonds is 6. The lowest BCUT2D eigenvalue weighted by atomic mass is 10.2. The van der Waals surface area contributed by atoms with Gasteiger partial charge in [-0.25, -0.2) is 4.98 Å². The summed E-state index contributed by atoms with van der Waals surface area (Å²) < 4.78 is 0.996. The highest BCUT2D eigenvalue weighted by molar-refractivity contribution is 9.10. The van der Waals surface area contributed by atoms with Crippen LogP contribution in [0.3, 0.4) is 0 Å². The van der Waals surface area contributed by atoms with Gasteiger partial charge in [0.25, 0.3) is 0 Å². The lowest BCUT2D eigenvalue weighted by Crippen LogP contribution is -2.38. The summed E-state index contributed by atoms with van der Waals surface area (Å²) in [5.74, 6) is 0.635. The number of aromatic nitrogens is 1. The fraction of sp³-hybridized carbons (Fsp3) is 0.389. The van der Waals surface area contributed by atoms with Crippen LogP contribution in [0, 0.1) is 20.8 Å². The molecule has 1 aromatic carbocycles. The van der Waals surface area contributed by atoms with Crippen molar-refractivity contribution >= 4 is 44.8 Å². The highest BCUT2D eigenvalue weighted by atomic mass is 79.9. The van der Waals surface area contributed by atoms with Gasteiger partial charge in [0.05, 0.1) is 17.2 Å². The standard InChI is InChI=1S/C18H24BrN5OS/c1-11-9-14(19)5-6-15(11)24-17(25)7-8-21-18(20-4)22-10-16-12(2)23-13(3)26-16/h5-6,9H,7-8,10H2,1-4H3,(H,24,25)(H2,20,21,22). The van der Waals surface area contributed by atoms with Gasteiger partial charge >= 0.3 is 0 Å². The molecular weight excluding hydrogens is 414 g/mol. The number of anilines is 1. The second-order valence-electron chi connectivity index (χ2n) is 5.85. The number of hydrogen-bond donors (Lipinski definition) is 3. The second kappa shape index (κ2) is 9.68. The Morgan fingerprint density at radius 1 is 1.27 bits per heavy atom. The maximum Gasteiger partial charge on any atom is 0.226 e. The number of carbonyl (C=O) groups is 1. The van der Waals surface area contributed by atoms with Gasteiger partial charge in [-0.2, -0.15) is 0 Å². The van der Waals surface area contributed by atoms with Crippen molar-refractivity contribution in [3.05, 3.63) is 43.8 Å². The molecule has 0 radical (unpaired) electrons. The maximum absolute atomic E-state index is 12.1. The van der Waals surface area contributed by atoms with E-state index in [1.165, 1.54) is 4.88 Å². The van der Waals surface area contributed by atoms with Crippen LogP contribution in [0.25, 0.3) is 0 Å². The van der Waals surface area contributed by atoms with Crippen LogP contribution in [0.1, 0.15) is 27.6 Å². The van der Waals surface area contributed by atoms with Crippen LogP contribution < -0.4 is 16.0 Å². The normalized spacial score (nSPS) is 11.3. The molecule has 1 aromatic heterocycles. The number of hydrogen-bond acceptors (Lipinski definition) is 4. The van der Waals surface area contributed by atoms with Crippen molar-refractivity contribution in [2.75, 3.05) is 18.9 Å². The molecule has 3 N–H and O–H groups in total. The number of nitrogens with one attached hydrogen (secondary N) is 3. The quantitative estimate of drug-likeness (QED) is 0.477. The average molecular weight is 438 g/mol. The van der Waals surface area contributed by atoms with E-state index in [1.54, 1.807) is 18.4 Å². The molecule has 2 aromatic rings. The zero-order valence-corrected chi connectivity index (χ0v) is 17.8. The Labute approximate surface area is 166 Å². The topological polar surface area (TPSA) is 78.4 Å². The third-order valence-corrected chi connectivity index (χ3v) is 5.31. The number of guanidine groups is 1. The summed E-state index contributed by atoms with van der Waals surface area (Å²) in [4.78, 5) is 21.9. The van der Waals surface area contributed by atoms with E-state index in [0.29, 0.717) is 25.5 Å². The van der Waals surface area contributed by atoms with Gasteiger partial charge in [-0.3, -0.25) is 9.79 Å². The maximum atomic E-state index is 12.1. The first kappa shape index (κ1) is 20.4. The van der Waals surface area contributed by atoms with Gasteiger partial charge in [0.15, 0.2) is 5.96 Å². The Balaban J connectivity index is 1.76. The number of halogens is 1. The van der Waals surface area contributed by atoms with Gasteiger partial charge in [0.1, 0.15) is 0 Å². The highest BCUT2D eigenvalue weighted by Crippen LogP contribution is 2.20. The molecule has 1 amide bonds. The van der Waals surface area contributed by atoms with Crippen LogP contribution in [-0.4, -0.2) is 30.4 Å². The van der Waals surface area contributed by atoms with E-state index in [-0.39, 0.29) is 5.91 Å². The predicted molar refractivity (Wildman–Crippen MR) is 112 cm³/mol. The summed E-state index contributed by atoms with van der Waals surface area (Å²) >= 11 is 5.09. The Hall–Kier alpha value is -1.93. The third-order valence-electron chi connectivity index (χ3n) is 3.75. The van der Waals surface area contributed by atoms with Gasteiger partial charge in [0, 0.05) is 35.1 Å². The molecule has 1 heterocycles. The summed E-state index contributed by atoms with van der Waals surface area (Å²) in [6.45, 7) is 7.14. The van der Waals surface area contributed by atoms with Crippen LogP contribution >= 0.6 is 27.3 Å². The largest absolute Gasteiger partial charge is 0.356 e. The first-order valence-corrected chi connectivity index (χ1v) is 9.93. The number of carbonyl (C=O) groups excluding carboxylic acids is 1. The predicted octanol–water partition coefficient (Wildman–Crippen LogP) is 3.52. The molecule has 0 aliphatic rings. The first-order valence-electron chi connectivity index (χ1n) is 8.32. The zero-order valence-electron chi connectivity index (χ0n) is 15.4. The minimum atomic E-state index is -0.0349. The Kier molecular flexibility index (Phi) is 7.59. The van der Waals surface area contributed by atoms with Crippen LogP contribution in [0.5, 0.6) is 0 Å². The number of thiazole rings is 1. The van der Waals surface area contributed by atoms with E-state index in [2.05, 4.69) is 41.9 Å². The first-order chi connectivity index (χ1) is 12.4. The Morgan fingerprint density at radius 3 is 2.65 bits per heavy atom. The molecule has 0 unspecified atom stereocenters. The molecule has 0 saturated carbocycles. The monoisotopic (exact) mass is 437 g/mol. The van der Waals surface area contributed by atoms with Gasteiger partial charge < -0.3 is 16.0 Å². The van der Waals surface area contributed by atoms with Crippen molar-refractivity contribution in [1.29, 1.82) is 0 Å². The summed E-state index contributed by atoms with van der Waals surface area (Å²) in [6.07, 6.45) is 0.356. The van der Waals surface area contributed by atoms with Crippen LogP contribution in [0.15, 0.2) is 27.7 Å². The lowest BCUT2D eigenvalue weighted by Gasteiger charge is -2.12. The van der Waals surface area contributed by atoms with E-state index in [9.17, 15) is 4.79 Å². The van der Waals surface area contributed by atoms with Crippen molar-refractivity contribution < 1.29 is 4.79 Å². The molecule has 8 heteroatoms. The molecule has 26 heavy (non-hydrogen) atoms. The van der Waals surface area contributed by atoms with Crippen molar-refractivity contribution in [2.24, 2.45) is 4.99 Å². The van der Waals surface area contributed by atoms with E-state index in [0.717, 1.165) is 26.4 Å². The molecule has 2 rings (SSSR count). The van der Waals surface area contributed by atoms with E-state index < -0.39 is 0 Å². The van der Waals surface area contributed by atoms with E-state index in [4.69, 9.17) is 0 Å².